The Hall–Kier alpha value is -1.63. The van der Waals surface area contributed by atoms with Gasteiger partial charge in [-0.2, -0.15) is 4.98 Å². The number of pyridine rings is 1. The molecular formula is C9H10BrN3O3. The van der Waals surface area contributed by atoms with Crippen molar-refractivity contribution >= 4 is 27.4 Å². The SMILES string of the molecule is C=C(Br)CNc1nc(OC)ccc1[N+](=O)[O-]. The molecule has 6 nitrogen and oxygen atoms in total. The molecule has 0 unspecified atom stereocenters. The molecule has 0 atom stereocenters. The molecule has 0 aliphatic rings. The first-order chi connectivity index (χ1) is 7.54. The summed E-state index contributed by atoms with van der Waals surface area (Å²) in [4.78, 5) is 14.2. The highest BCUT2D eigenvalue weighted by atomic mass is 79.9. The van der Waals surface area contributed by atoms with Crippen molar-refractivity contribution in [2.75, 3.05) is 19.0 Å². The molecule has 7 heteroatoms. The Labute approximate surface area is 101 Å². The molecule has 1 N–H and O–H groups in total. The van der Waals surface area contributed by atoms with Crippen LogP contribution in [-0.2, 0) is 0 Å². The smallest absolute Gasteiger partial charge is 0.311 e. The van der Waals surface area contributed by atoms with Crippen molar-refractivity contribution in [3.63, 3.8) is 0 Å². The van der Waals surface area contributed by atoms with E-state index in [0.717, 1.165) is 0 Å². The largest absolute Gasteiger partial charge is 0.481 e. The van der Waals surface area contributed by atoms with E-state index in [1.807, 2.05) is 0 Å². The first kappa shape index (κ1) is 12.4. The first-order valence-electron chi connectivity index (χ1n) is 4.31. The summed E-state index contributed by atoms with van der Waals surface area (Å²) in [6.45, 7) is 3.96. The predicted molar refractivity (Wildman–Crippen MR) is 64.0 cm³/mol. The molecule has 0 amide bonds. The minimum Gasteiger partial charge on any atom is -0.481 e. The number of hydrogen-bond donors (Lipinski definition) is 1. The van der Waals surface area contributed by atoms with Crippen LogP contribution in [-0.4, -0.2) is 23.6 Å². The number of methoxy groups -OCH3 is 1. The Morgan fingerprint density at radius 3 is 2.94 bits per heavy atom. The van der Waals surface area contributed by atoms with Gasteiger partial charge < -0.3 is 10.1 Å². The normalized spacial score (nSPS) is 9.62. The average molecular weight is 288 g/mol. The summed E-state index contributed by atoms with van der Waals surface area (Å²) in [5.74, 6) is 0.471. The zero-order valence-electron chi connectivity index (χ0n) is 8.57. The molecule has 0 saturated carbocycles. The molecule has 0 fully saturated rings. The number of anilines is 1. The summed E-state index contributed by atoms with van der Waals surface area (Å²) in [5.41, 5.74) is -0.102. The number of rotatable bonds is 5. The van der Waals surface area contributed by atoms with Crippen LogP contribution >= 0.6 is 15.9 Å². The Kier molecular flexibility index (Phi) is 4.24. The molecule has 1 aromatic heterocycles. The topological polar surface area (TPSA) is 77.3 Å². The van der Waals surface area contributed by atoms with Gasteiger partial charge in [0.15, 0.2) is 0 Å². The zero-order chi connectivity index (χ0) is 12.1. The van der Waals surface area contributed by atoms with E-state index in [2.05, 4.69) is 32.8 Å². The Bertz CT molecular complexity index is 422. The lowest BCUT2D eigenvalue weighted by Crippen LogP contribution is -2.06. The third kappa shape index (κ3) is 3.20. The van der Waals surface area contributed by atoms with Crippen LogP contribution in [0, 0.1) is 10.1 Å². The maximum Gasteiger partial charge on any atom is 0.311 e. The van der Waals surface area contributed by atoms with Gasteiger partial charge in [0, 0.05) is 23.2 Å². The maximum absolute atomic E-state index is 10.7. The van der Waals surface area contributed by atoms with Crippen LogP contribution in [0.5, 0.6) is 5.88 Å². The van der Waals surface area contributed by atoms with E-state index in [4.69, 9.17) is 4.74 Å². The molecule has 0 spiro atoms. The summed E-state index contributed by atoms with van der Waals surface area (Å²) in [7, 11) is 1.45. The molecule has 1 aromatic rings. The van der Waals surface area contributed by atoms with Crippen LogP contribution in [0.25, 0.3) is 0 Å². The Morgan fingerprint density at radius 1 is 1.75 bits per heavy atom. The van der Waals surface area contributed by atoms with Gasteiger partial charge in [-0.3, -0.25) is 10.1 Å². The first-order valence-corrected chi connectivity index (χ1v) is 5.10. The van der Waals surface area contributed by atoms with E-state index >= 15 is 0 Å². The zero-order valence-corrected chi connectivity index (χ0v) is 10.2. The van der Waals surface area contributed by atoms with Crippen molar-refractivity contribution in [1.82, 2.24) is 4.98 Å². The number of nitro groups is 1. The van der Waals surface area contributed by atoms with Crippen LogP contribution in [0.3, 0.4) is 0 Å². The second-order valence-electron chi connectivity index (χ2n) is 2.85. The van der Waals surface area contributed by atoms with E-state index in [9.17, 15) is 10.1 Å². The summed E-state index contributed by atoms with van der Waals surface area (Å²) in [6.07, 6.45) is 0. The van der Waals surface area contributed by atoms with E-state index < -0.39 is 4.92 Å². The molecular weight excluding hydrogens is 278 g/mol. The highest BCUT2D eigenvalue weighted by molar-refractivity contribution is 9.11. The molecule has 0 aromatic carbocycles. The third-order valence-electron chi connectivity index (χ3n) is 1.70. The average Bonchev–Trinajstić information content (AvgIpc) is 2.25. The van der Waals surface area contributed by atoms with Gasteiger partial charge >= 0.3 is 5.69 Å². The molecule has 1 rings (SSSR count). The number of halogens is 1. The summed E-state index contributed by atoms with van der Waals surface area (Å²) in [6, 6.07) is 2.78. The number of ether oxygens (including phenoxy) is 1. The maximum atomic E-state index is 10.7. The number of nitrogens with zero attached hydrogens (tertiary/aromatic N) is 2. The van der Waals surface area contributed by atoms with Crippen LogP contribution in [0.1, 0.15) is 0 Å². The lowest BCUT2D eigenvalue weighted by molar-refractivity contribution is -0.384. The molecule has 1 heterocycles. The van der Waals surface area contributed by atoms with E-state index in [1.54, 1.807) is 0 Å². The minimum atomic E-state index is -0.508. The highest BCUT2D eigenvalue weighted by Gasteiger charge is 2.15. The summed E-state index contributed by atoms with van der Waals surface area (Å²) >= 11 is 3.14. The van der Waals surface area contributed by atoms with Gasteiger partial charge in [-0.15, -0.1) is 0 Å². The minimum absolute atomic E-state index is 0.102. The molecule has 0 saturated heterocycles. The fourth-order valence-corrected chi connectivity index (χ4v) is 1.14. The number of nitrogens with one attached hydrogen (secondary N) is 1. The molecule has 86 valence electrons. The van der Waals surface area contributed by atoms with Crippen LogP contribution in [0.15, 0.2) is 23.2 Å². The van der Waals surface area contributed by atoms with Gasteiger partial charge in [0.25, 0.3) is 0 Å². The van der Waals surface area contributed by atoms with Gasteiger partial charge in [-0.05, 0) is 0 Å². The second kappa shape index (κ2) is 5.45. The second-order valence-corrected chi connectivity index (χ2v) is 3.97. The lowest BCUT2D eigenvalue weighted by Gasteiger charge is -2.06. The summed E-state index contributed by atoms with van der Waals surface area (Å²) < 4.78 is 5.56. The van der Waals surface area contributed by atoms with Gasteiger partial charge in [-0.25, -0.2) is 0 Å². The van der Waals surface area contributed by atoms with Crippen molar-refractivity contribution < 1.29 is 9.66 Å². The third-order valence-corrected chi connectivity index (χ3v) is 1.98. The Morgan fingerprint density at radius 2 is 2.44 bits per heavy atom. The monoisotopic (exact) mass is 287 g/mol. The van der Waals surface area contributed by atoms with Crippen molar-refractivity contribution in [2.45, 2.75) is 0 Å². The van der Waals surface area contributed by atoms with Gasteiger partial charge in [0.2, 0.25) is 11.7 Å². The van der Waals surface area contributed by atoms with Crippen LogP contribution in [0.4, 0.5) is 11.5 Å². The predicted octanol–water partition coefficient (Wildman–Crippen LogP) is 2.32. The van der Waals surface area contributed by atoms with Gasteiger partial charge in [0.05, 0.1) is 12.0 Å². The van der Waals surface area contributed by atoms with Crippen molar-refractivity contribution in [3.05, 3.63) is 33.3 Å². The van der Waals surface area contributed by atoms with Crippen LogP contribution in [0.2, 0.25) is 0 Å². The van der Waals surface area contributed by atoms with Crippen molar-refractivity contribution in [2.24, 2.45) is 0 Å². The molecule has 16 heavy (non-hydrogen) atoms. The fourth-order valence-electron chi connectivity index (χ4n) is 1.00. The Balaban J connectivity index is 3.00. The molecule has 0 aliphatic carbocycles. The van der Waals surface area contributed by atoms with Crippen molar-refractivity contribution in [1.29, 1.82) is 0 Å². The van der Waals surface area contributed by atoms with E-state index in [-0.39, 0.29) is 11.5 Å². The van der Waals surface area contributed by atoms with Gasteiger partial charge in [0.1, 0.15) is 0 Å². The highest BCUT2D eigenvalue weighted by Crippen LogP contribution is 2.25. The number of aromatic nitrogens is 1. The van der Waals surface area contributed by atoms with E-state index in [1.165, 1.54) is 19.2 Å². The standard InChI is InChI=1S/C9H10BrN3O3/c1-6(10)5-11-9-7(13(14)15)3-4-8(12-9)16-2/h3-4H,1,5H2,2H3,(H,11,12). The molecule has 0 bridgehead atoms. The molecule has 0 aliphatic heterocycles. The van der Waals surface area contributed by atoms with Crippen LogP contribution < -0.4 is 10.1 Å². The van der Waals surface area contributed by atoms with Crippen molar-refractivity contribution in [3.8, 4) is 5.88 Å². The molecule has 0 radical (unpaired) electrons. The quantitative estimate of drug-likeness (QED) is 0.664. The van der Waals surface area contributed by atoms with E-state index in [0.29, 0.717) is 16.9 Å². The summed E-state index contributed by atoms with van der Waals surface area (Å²) in [5, 5.41) is 13.5. The lowest BCUT2D eigenvalue weighted by atomic mass is 10.4. The number of hydrogen-bond acceptors (Lipinski definition) is 5. The fraction of sp³-hybridized carbons (Fsp3) is 0.222. The van der Waals surface area contributed by atoms with Gasteiger partial charge in [-0.1, -0.05) is 22.5 Å².